The van der Waals surface area contributed by atoms with Crippen molar-refractivity contribution in [1.29, 1.82) is 0 Å². The summed E-state index contributed by atoms with van der Waals surface area (Å²) in [5.74, 6) is 1.03. The number of aryl methyl sites for hydroxylation is 1. The molecule has 0 amide bonds. The van der Waals surface area contributed by atoms with Gasteiger partial charge in [0.25, 0.3) is 0 Å². The van der Waals surface area contributed by atoms with Gasteiger partial charge in [-0.05, 0) is 35.8 Å². The van der Waals surface area contributed by atoms with Crippen LogP contribution in [-0.4, -0.2) is 12.9 Å². The van der Waals surface area contributed by atoms with Crippen LogP contribution in [0.25, 0.3) is 0 Å². The molecule has 1 atom stereocenters. The molecule has 0 N–H and O–H groups in total. The second kappa shape index (κ2) is 8.29. The molecule has 0 bridgehead atoms. The second-order valence-electron chi connectivity index (χ2n) is 6.34. The van der Waals surface area contributed by atoms with Gasteiger partial charge in [0.2, 0.25) is 0 Å². The number of Topliss-reactive ketones (excluding diaryl/α,β-unsaturated/α-hetero) is 1. The molecule has 0 fully saturated rings. The Morgan fingerprint density at radius 2 is 1.69 bits per heavy atom. The zero-order valence-electron chi connectivity index (χ0n) is 15.4. The van der Waals surface area contributed by atoms with Crippen LogP contribution in [0, 0.1) is 6.92 Å². The maximum atomic E-state index is 12.0. The van der Waals surface area contributed by atoms with E-state index in [1.165, 1.54) is 11.1 Å². The summed E-state index contributed by atoms with van der Waals surface area (Å²) >= 11 is 0. The lowest BCUT2D eigenvalue weighted by Gasteiger charge is -2.16. The van der Waals surface area contributed by atoms with E-state index >= 15 is 0 Å². The van der Waals surface area contributed by atoms with Gasteiger partial charge in [-0.15, -0.1) is 0 Å². The van der Waals surface area contributed by atoms with Crippen LogP contribution >= 0.6 is 8.58 Å². The highest BCUT2D eigenvalue weighted by atomic mass is 31.1. The van der Waals surface area contributed by atoms with Crippen LogP contribution in [0.1, 0.15) is 34.0 Å². The Labute approximate surface area is 157 Å². The van der Waals surface area contributed by atoms with Crippen molar-refractivity contribution in [3.63, 3.8) is 0 Å². The van der Waals surface area contributed by atoms with Gasteiger partial charge in [-0.3, -0.25) is 4.79 Å². The van der Waals surface area contributed by atoms with E-state index in [2.05, 4.69) is 55.5 Å². The number of hydrogen-bond donors (Lipinski definition) is 0. The molecule has 0 spiro atoms. The zero-order valence-corrected chi connectivity index (χ0v) is 16.4. The number of benzene rings is 3. The Balaban J connectivity index is 1.99. The third kappa shape index (κ3) is 4.03. The Kier molecular flexibility index (Phi) is 5.85. The predicted molar refractivity (Wildman–Crippen MR) is 111 cm³/mol. The lowest BCUT2D eigenvalue weighted by atomic mass is 10.0. The Morgan fingerprint density at radius 1 is 0.962 bits per heavy atom. The largest absolute Gasteiger partial charge is 0.496 e. The highest BCUT2D eigenvalue weighted by Crippen LogP contribution is 2.27. The summed E-state index contributed by atoms with van der Waals surface area (Å²) in [5, 5.41) is 2.24. The molecule has 0 aliphatic rings. The van der Waals surface area contributed by atoms with E-state index < -0.39 is 0 Å². The number of rotatable bonds is 6. The maximum absolute atomic E-state index is 12.0. The summed E-state index contributed by atoms with van der Waals surface area (Å²) < 4.78 is 5.78. The van der Waals surface area contributed by atoms with Crippen molar-refractivity contribution in [2.45, 2.75) is 20.3 Å². The standard InChI is InChI=1S/C23H23O2P/c1-16-9-7-13-20(17(2)24)23(16)26-21-14-8-12-19(22(21)25-3)15-18-10-5-4-6-11-18/h4-14,26H,15H2,1-3H3. The highest BCUT2D eigenvalue weighted by Gasteiger charge is 2.15. The molecule has 132 valence electrons. The fourth-order valence-corrected chi connectivity index (χ4v) is 4.64. The molecule has 2 nitrogen and oxygen atoms in total. The van der Waals surface area contributed by atoms with E-state index in [1.54, 1.807) is 14.0 Å². The van der Waals surface area contributed by atoms with Gasteiger partial charge in [-0.25, -0.2) is 0 Å². The molecule has 3 rings (SSSR count). The number of hydrogen-bond acceptors (Lipinski definition) is 2. The number of ether oxygens (including phenoxy) is 1. The number of ketones is 1. The second-order valence-corrected chi connectivity index (χ2v) is 7.63. The van der Waals surface area contributed by atoms with Gasteiger partial charge in [-0.1, -0.05) is 75.3 Å². The molecule has 3 aromatic carbocycles. The average molecular weight is 362 g/mol. The smallest absolute Gasteiger partial charge is 0.160 e. The summed E-state index contributed by atoms with van der Waals surface area (Å²) in [6, 6.07) is 22.6. The minimum absolute atomic E-state index is 0.107. The Bertz CT molecular complexity index is 917. The Hall–Kier alpha value is -2.44. The normalized spacial score (nSPS) is 11.0. The summed E-state index contributed by atoms with van der Waals surface area (Å²) in [5.41, 5.74) is 4.37. The lowest BCUT2D eigenvalue weighted by Crippen LogP contribution is -2.17. The number of carbonyl (C=O) groups is 1. The van der Waals surface area contributed by atoms with Crippen LogP contribution in [0.2, 0.25) is 0 Å². The van der Waals surface area contributed by atoms with E-state index in [1.807, 2.05) is 18.2 Å². The third-order valence-electron chi connectivity index (χ3n) is 4.45. The molecule has 0 aliphatic heterocycles. The van der Waals surface area contributed by atoms with Gasteiger partial charge in [0.1, 0.15) is 5.75 Å². The lowest BCUT2D eigenvalue weighted by molar-refractivity contribution is 0.101. The van der Waals surface area contributed by atoms with E-state index in [0.717, 1.165) is 33.9 Å². The highest BCUT2D eigenvalue weighted by molar-refractivity contribution is 7.56. The van der Waals surface area contributed by atoms with Crippen molar-refractivity contribution < 1.29 is 9.53 Å². The van der Waals surface area contributed by atoms with Gasteiger partial charge in [0.15, 0.2) is 5.78 Å². The van der Waals surface area contributed by atoms with E-state index in [-0.39, 0.29) is 5.78 Å². The first kappa shape index (κ1) is 18.4. The number of methoxy groups -OCH3 is 1. The molecule has 0 saturated heterocycles. The summed E-state index contributed by atoms with van der Waals surface area (Å²) in [6.07, 6.45) is 0.829. The van der Waals surface area contributed by atoms with Gasteiger partial charge in [-0.2, -0.15) is 0 Å². The Morgan fingerprint density at radius 3 is 2.38 bits per heavy atom. The van der Waals surface area contributed by atoms with Crippen molar-refractivity contribution in [1.82, 2.24) is 0 Å². The first-order chi connectivity index (χ1) is 12.6. The SMILES string of the molecule is COc1c(Cc2ccccc2)cccc1Pc1c(C)cccc1C(C)=O. The van der Waals surface area contributed by atoms with Crippen LogP contribution in [-0.2, 0) is 6.42 Å². The molecule has 0 radical (unpaired) electrons. The van der Waals surface area contributed by atoms with Gasteiger partial charge < -0.3 is 4.74 Å². The predicted octanol–water partition coefficient (Wildman–Crippen LogP) is 4.43. The van der Waals surface area contributed by atoms with Gasteiger partial charge in [0, 0.05) is 17.3 Å². The summed E-state index contributed by atoms with van der Waals surface area (Å²) in [4.78, 5) is 12.0. The molecule has 0 aliphatic carbocycles. The van der Waals surface area contributed by atoms with Crippen LogP contribution in [0.5, 0.6) is 5.75 Å². The molecule has 3 heteroatoms. The van der Waals surface area contributed by atoms with Crippen LogP contribution in [0.4, 0.5) is 0 Å². The fourth-order valence-electron chi connectivity index (χ4n) is 3.14. The molecule has 3 aromatic rings. The number of para-hydroxylation sites is 1. The first-order valence-electron chi connectivity index (χ1n) is 8.67. The molecule has 0 aromatic heterocycles. The van der Waals surface area contributed by atoms with Crippen LogP contribution < -0.4 is 15.3 Å². The molecule has 1 unspecified atom stereocenters. The summed E-state index contributed by atoms with van der Waals surface area (Å²) in [7, 11) is 2.11. The van der Waals surface area contributed by atoms with Crippen LogP contribution in [0.15, 0.2) is 66.7 Å². The molecule has 0 heterocycles. The van der Waals surface area contributed by atoms with Crippen molar-refractivity contribution >= 4 is 25.0 Å². The average Bonchev–Trinajstić information content (AvgIpc) is 2.64. The molecule has 26 heavy (non-hydrogen) atoms. The first-order valence-corrected chi connectivity index (χ1v) is 9.67. The summed E-state index contributed by atoms with van der Waals surface area (Å²) in [6.45, 7) is 3.70. The molecular formula is C23H23O2P. The topological polar surface area (TPSA) is 26.3 Å². The van der Waals surface area contributed by atoms with Crippen molar-refractivity contribution in [2.24, 2.45) is 0 Å². The maximum Gasteiger partial charge on any atom is 0.160 e. The minimum Gasteiger partial charge on any atom is -0.496 e. The van der Waals surface area contributed by atoms with Crippen molar-refractivity contribution in [2.75, 3.05) is 7.11 Å². The van der Waals surface area contributed by atoms with Gasteiger partial charge >= 0.3 is 0 Å². The number of carbonyl (C=O) groups excluding carboxylic acids is 1. The fraction of sp³-hybridized carbons (Fsp3) is 0.174. The molecule has 0 saturated carbocycles. The third-order valence-corrected chi connectivity index (χ3v) is 6.03. The molecular weight excluding hydrogens is 339 g/mol. The van der Waals surface area contributed by atoms with E-state index in [4.69, 9.17) is 4.74 Å². The van der Waals surface area contributed by atoms with E-state index in [0.29, 0.717) is 8.58 Å². The van der Waals surface area contributed by atoms with Crippen LogP contribution in [0.3, 0.4) is 0 Å². The quantitative estimate of drug-likeness (QED) is 0.479. The monoisotopic (exact) mass is 362 g/mol. The van der Waals surface area contributed by atoms with Crippen molar-refractivity contribution in [3.05, 3.63) is 89.0 Å². The van der Waals surface area contributed by atoms with E-state index in [9.17, 15) is 4.79 Å². The zero-order chi connectivity index (χ0) is 18.5. The van der Waals surface area contributed by atoms with Crippen molar-refractivity contribution in [3.8, 4) is 5.75 Å². The minimum atomic E-state index is 0.107. The van der Waals surface area contributed by atoms with Gasteiger partial charge in [0.05, 0.1) is 7.11 Å².